The first kappa shape index (κ1) is 7.85. The Labute approximate surface area is 57.8 Å². The quantitative estimate of drug-likeness (QED) is 0.510. The fourth-order valence-corrected chi connectivity index (χ4v) is 1.04. The second-order valence-corrected chi connectivity index (χ2v) is 2.60. The van der Waals surface area contributed by atoms with Gasteiger partial charge in [-0.15, -0.1) is 0 Å². The van der Waals surface area contributed by atoms with Crippen molar-refractivity contribution in [1.82, 2.24) is 4.90 Å². The summed E-state index contributed by atoms with van der Waals surface area (Å²) >= 11 is 0. The second-order valence-electron chi connectivity index (χ2n) is 2.60. The Balaban J connectivity index is 2.45. The minimum Gasteiger partial charge on any atom is -0.301 e. The topological polar surface area (TPSA) is 3.24 Å². The predicted octanol–water partition coefficient (Wildman–Crippen LogP) is 1.66. The molecule has 1 nitrogen and oxygen atoms in total. The Morgan fingerprint density at radius 2 is 2.10 bits per heavy atom. The van der Waals surface area contributed by atoms with Gasteiger partial charge in [-0.1, -0.05) is 0 Å². The van der Waals surface area contributed by atoms with Crippen molar-refractivity contribution in [2.24, 2.45) is 5.92 Å². The van der Waals surface area contributed by atoms with E-state index in [0.29, 0.717) is 0 Å². The molecule has 59 valence electrons. The van der Waals surface area contributed by atoms with E-state index in [1.54, 1.807) is 18.5 Å². The number of likely N-dealkylation sites (tertiary alicyclic amines) is 1. The number of hydrogen-bond donors (Lipinski definition) is 0. The van der Waals surface area contributed by atoms with Gasteiger partial charge in [-0.25, -0.2) is 0 Å². The van der Waals surface area contributed by atoms with Gasteiger partial charge in [0.2, 0.25) is 0 Å². The molecule has 1 rings (SSSR count). The summed E-state index contributed by atoms with van der Waals surface area (Å²) in [7, 11) is 1.66. The molecule has 1 saturated heterocycles. The molecular weight excluding hydrogens is 143 g/mol. The highest BCUT2D eigenvalue weighted by Gasteiger charge is 2.42. The molecule has 0 saturated carbocycles. The van der Waals surface area contributed by atoms with Crippen molar-refractivity contribution in [3.8, 4) is 0 Å². The Morgan fingerprint density at radius 3 is 2.30 bits per heavy atom. The van der Waals surface area contributed by atoms with Crippen molar-refractivity contribution in [3.05, 3.63) is 6.54 Å². The molecule has 10 heavy (non-hydrogen) atoms. The highest BCUT2D eigenvalue weighted by molar-refractivity contribution is 4.85. The average Bonchev–Trinajstić information content (AvgIpc) is 2.11. The van der Waals surface area contributed by atoms with Crippen LogP contribution in [0.2, 0.25) is 0 Å². The van der Waals surface area contributed by atoms with Crippen LogP contribution in [0.5, 0.6) is 0 Å². The normalized spacial score (nSPS) is 29.4. The molecule has 1 radical (unpaired) electrons. The molecule has 0 N–H and O–H groups in total. The number of hydrogen-bond acceptors (Lipinski definition) is 1. The van der Waals surface area contributed by atoms with E-state index in [1.165, 1.54) is 0 Å². The number of alkyl halides is 3. The molecule has 1 aliphatic rings. The summed E-state index contributed by atoms with van der Waals surface area (Å²) in [6.07, 6.45) is -3.87. The zero-order chi connectivity index (χ0) is 7.78. The molecule has 0 bridgehead atoms. The van der Waals surface area contributed by atoms with Gasteiger partial charge >= 0.3 is 6.18 Å². The van der Waals surface area contributed by atoms with Crippen LogP contribution in [0.15, 0.2) is 0 Å². The molecule has 4 heteroatoms. The van der Waals surface area contributed by atoms with Gasteiger partial charge in [0.1, 0.15) is 0 Å². The largest absolute Gasteiger partial charge is 0.393 e. The lowest BCUT2D eigenvalue weighted by atomic mass is 10.1. The number of halogens is 3. The summed E-state index contributed by atoms with van der Waals surface area (Å²) in [4.78, 5) is 1.58. The molecule has 0 amide bonds. The van der Waals surface area contributed by atoms with Crippen LogP contribution in [0.1, 0.15) is 6.42 Å². The second kappa shape index (κ2) is 2.42. The summed E-state index contributed by atoms with van der Waals surface area (Å²) in [5.74, 6) is -1.14. The van der Waals surface area contributed by atoms with Crippen LogP contribution in [-0.4, -0.2) is 24.7 Å². The van der Waals surface area contributed by atoms with Crippen LogP contribution in [0.25, 0.3) is 0 Å². The van der Waals surface area contributed by atoms with E-state index in [4.69, 9.17) is 0 Å². The van der Waals surface area contributed by atoms with E-state index >= 15 is 0 Å². The molecule has 0 aromatic carbocycles. The van der Waals surface area contributed by atoms with Crippen molar-refractivity contribution < 1.29 is 13.2 Å². The first-order valence-corrected chi connectivity index (χ1v) is 3.10. The molecule has 1 fully saturated rings. The van der Waals surface area contributed by atoms with E-state index in [0.717, 1.165) is 0 Å². The Hall–Kier alpha value is -0.250. The maximum absolute atomic E-state index is 11.9. The van der Waals surface area contributed by atoms with E-state index in [9.17, 15) is 13.2 Å². The van der Waals surface area contributed by atoms with Crippen LogP contribution in [0.4, 0.5) is 13.2 Å². The van der Waals surface area contributed by atoms with Crippen molar-refractivity contribution >= 4 is 0 Å². The van der Waals surface area contributed by atoms with Gasteiger partial charge in [0.05, 0.1) is 5.92 Å². The van der Waals surface area contributed by atoms with E-state index in [-0.39, 0.29) is 13.0 Å². The highest BCUT2D eigenvalue weighted by atomic mass is 19.4. The average molecular weight is 152 g/mol. The lowest BCUT2D eigenvalue weighted by Gasteiger charge is -2.13. The summed E-state index contributed by atoms with van der Waals surface area (Å²) in [5, 5.41) is 0. The molecule has 0 aromatic rings. The van der Waals surface area contributed by atoms with Gasteiger partial charge in [0.25, 0.3) is 0 Å². The molecule has 1 aliphatic heterocycles. The summed E-state index contributed by atoms with van der Waals surface area (Å²) in [5.41, 5.74) is 0. The molecular formula is C6H9F3N. The SMILES string of the molecule is CN1[CH]CC(C(F)(F)F)C1. The first-order chi connectivity index (χ1) is 4.50. The molecule has 1 heterocycles. The Morgan fingerprint density at radius 1 is 1.50 bits per heavy atom. The zero-order valence-electron chi connectivity index (χ0n) is 5.65. The minimum absolute atomic E-state index is 0.115. The minimum atomic E-state index is -4.01. The van der Waals surface area contributed by atoms with E-state index < -0.39 is 12.1 Å². The number of nitrogens with zero attached hydrogens (tertiary/aromatic N) is 1. The highest BCUT2D eigenvalue weighted by Crippen LogP contribution is 2.34. The summed E-state index contributed by atoms with van der Waals surface area (Å²) in [6, 6.07) is 0. The van der Waals surface area contributed by atoms with Gasteiger partial charge in [0, 0.05) is 13.1 Å². The van der Waals surface area contributed by atoms with E-state index in [2.05, 4.69) is 0 Å². The van der Waals surface area contributed by atoms with E-state index in [1.807, 2.05) is 0 Å². The van der Waals surface area contributed by atoms with Crippen molar-refractivity contribution in [2.45, 2.75) is 12.6 Å². The van der Waals surface area contributed by atoms with Gasteiger partial charge in [0.15, 0.2) is 0 Å². The molecule has 1 unspecified atom stereocenters. The summed E-state index contributed by atoms with van der Waals surface area (Å²) in [6.45, 7) is 1.70. The standard InChI is InChI=1S/C6H9F3N/c1-10-3-2-5(4-10)6(7,8)9/h3,5H,2,4H2,1H3. The third-order valence-electron chi connectivity index (χ3n) is 1.67. The molecule has 0 aromatic heterocycles. The van der Waals surface area contributed by atoms with Crippen molar-refractivity contribution in [2.75, 3.05) is 13.6 Å². The smallest absolute Gasteiger partial charge is 0.301 e. The van der Waals surface area contributed by atoms with Crippen LogP contribution < -0.4 is 0 Å². The van der Waals surface area contributed by atoms with Gasteiger partial charge < -0.3 is 4.90 Å². The fraction of sp³-hybridized carbons (Fsp3) is 0.833. The van der Waals surface area contributed by atoms with Gasteiger partial charge in [-0.05, 0) is 13.5 Å². The third-order valence-corrected chi connectivity index (χ3v) is 1.67. The third kappa shape index (κ3) is 1.62. The van der Waals surface area contributed by atoms with Crippen molar-refractivity contribution in [3.63, 3.8) is 0 Å². The zero-order valence-corrected chi connectivity index (χ0v) is 5.65. The lowest BCUT2D eigenvalue weighted by molar-refractivity contribution is -0.170. The van der Waals surface area contributed by atoms with Crippen LogP contribution in [0, 0.1) is 12.5 Å². The maximum Gasteiger partial charge on any atom is 0.393 e. The van der Waals surface area contributed by atoms with Crippen molar-refractivity contribution in [1.29, 1.82) is 0 Å². The Kier molecular flexibility index (Phi) is 1.90. The van der Waals surface area contributed by atoms with Crippen LogP contribution in [0.3, 0.4) is 0 Å². The van der Waals surface area contributed by atoms with Crippen LogP contribution in [-0.2, 0) is 0 Å². The van der Waals surface area contributed by atoms with Gasteiger partial charge in [-0.3, -0.25) is 0 Å². The molecule has 0 aliphatic carbocycles. The molecule has 1 atom stereocenters. The predicted molar refractivity (Wildman–Crippen MR) is 31.1 cm³/mol. The lowest BCUT2D eigenvalue weighted by Crippen LogP contribution is -2.25. The first-order valence-electron chi connectivity index (χ1n) is 3.10. The van der Waals surface area contributed by atoms with Crippen LogP contribution >= 0.6 is 0 Å². The maximum atomic E-state index is 11.9. The molecule has 0 spiro atoms. The number of rotatable bonds is 0. The fourth-order valence-electron chi connectivity index (χ4n) is 1.04. The monoisotopic (exact) mass is 152 g/mol. The summed E-state index contributed by atoms with van der Waals surface area (Å²) < 4.78 is 35.7. The Bertz CT molecular complexity index is 121. The van der Waals surface area contributed by atoms with Gasteiger partial charge in [-0.2, -0.15) is 13.2 Å².